The van der Waals surface area contributed by atoms with Crippen LogP contribution in [0.3, 0.4) is 0 Å². The van der Waals surface area contributed by atoms with Gasteiger partial charge in [-0.2, -0.15) is 0 Å². The summed E-state index contributed by atoms with van der Waals surface area (Å²) in [4.78, 5) is 13.9. The molecule has 1 aliphatic heterocycles. The number of fused-ring (bicyclic) bond motifs is 1. The number of rotatable bonds is 3. The molecule has 0 atom stereocenters. The topological polar surface area (TPSA) is 38.8 Å². The van der Waals surface area contributed by atoms with Gasteiger partial charge in [0.15, 0.2) is 11.5 Å². The number of hydrogen-bond donors (Lipinski definition) is 0. The van der Waals surface area contributed by atoms with Gasteiger partial charge in [0.1, 0.15) is 4.34 Å². The summed E-state index contributed by atoms with van der Waals surface area (Å²) < 4.78 is 11.5. The second-order valence-corrected chi connectivity index (χ2v) is 6.87. The molecule has 1 aromatic carbocycles. The van der Waals surface area contributed by atoms with Gasteiger partial charge in [-0.05, 0) is 23.8 Å². The maximum atomic E-state index is 12.4. The van der Waals surface area contributed by atoms with Crippen molar-refractivity contribution in [1.82, 2.24) is 4.90 Å². The van der Waals surface area contributed by atoms with Gasteiger partial charge in [-0.3, -0.25) is 4.79 Å². The molecular weight excluding hydrogens is 333 g/mol. The van der Waals surface area contributed by atoms with Crippen LogP contribution in [0.1, 0.15) is 15.9 Å². The van der Waals surface area contributed by atoms with Crippen LogP contribution in [0.15, 0.2) is 24.3 Å². The number of carbonyl (C=O) groups is 1. The second kappa shape index (κ2) is 5.75. The minimum Gasteiger partial charge on any atom is -0.454 e. The average molecular weight is 344 g/mol. The molecule has 21 heavy (non-hydrogen) atoms. The minimum atomic E-state index is -0.166. The fraction of sp³-hybridized carbons (Fsp3) is 0.214. The van der Waals surface area contributed by atoms with Crippen LogP contribution in [0, 0.1) is 0 Å². The Hall–Kier alpha value is -1.43. The zero-order valence-corrected chi connectivity index (χ0v) is 13.4. The molecule has 0 radical (unpaired) electrons. The SMILES string of the molecule is CN(Cc1ccc2c(c1)OCO2)C(=O)c1cc(Cl)sc1Cl. The van der Waals surface area contributed by atoms with Crippen molar-refractivity contribution in [2.24, 2.45) is 0 Å². The molecule has 1 amide bonds. The Morgan fingerprint density at radius 2 is 2.05 bits per heavy atom. The highest BCUT2D eigenvalue weighted by Gasteiger charge is 2.19. The van der Waals surface area contributed by atoms with Crippen LogP contribution in [-0.2, 0) is 6.54 Å². The molecule has 110 valence electrons. The van der Waals surface area contributed by atoms with Gasteiger partial charge in [0, 0.05) is 13.6 Å². The molecule has 2 heterocycles. The molecule has 2 aromatic rings. The first-order valence-electron chi connectivity index (χ1n) is 6.13. The lowest BCUT2D eigenvalue weighted by molar-refractivity contribution is 0.0785. The van der Waals surface area contributed by atoms with Crippen LogP contribution >= 0.6 is 34.5 Å². The lowest BCUT2D eigenvalue weighted by atomic mass is 10.2. The number of carbonyl (C=O) groups excluding carboxylic acids is 1. The first-order valence-corrected chi connectivity index (χ1v) is 7.70. The van der Waals surface area contributed by atoms with Gasteiger partial charge in [0.2, 0.25) is 6.79 Å². The zero-order valence-electron chi connectivity index (χ0n) is 11.1. The summed E-state index contributed by atoms with van der Waals surface area (Å²) in [5, 5.41) is 0. The van der Waals surface area contributed by atoms with E-state index in [-0.39, 0.29) is 12.7 Å². The lowest BCUT2D eigenvalue weighted by Crippen LogP contribution is -2.26. The van der Waals surface area contributed by atoms with E-state index in [0.29, 0.717) is 26.5 Å². The molecule has 4 nitrogen and oxygen atoms in total. The molecule has 0 bridgehead atoms. The van der Waals surface area contributed by atoms with E-state index in [2.05, 4.69) is 0 Å². The summed E-state index contributed by atoms with van der Waals surface area (Å²) in [6.07, 6.45) is 0. The van der Waals surface area contributed by atoms with E-state index in [1.54, 1.807) is 18.0 Å². The number of amides is 1. The molecule has 1 aliphatic rings. The molecule has 3 rings (SSSR count). The van der Waals surface area contributed by atoms with Crippen molar-refractivity contribution in [2.45, 2.75) is 6.54 Å². The monoisotopic (exact) mass is 343 g/mol. The van der Waals surface area contributed by atoms with Crippen LogP contribution in [-0.4, -0.2) is 24.6 Å². The molecule has 0 fully saturated rings. The third-order valence-corrected chi connectivity index (χ3v) is 4.58. The van der Waals surface area contributed by atoms with Crippen LogP contribution in [0.5, 0.6) is 11.5 Å². The highest BCUT2D eigenvalue weighted by molar-refractivity contribution is 7.20. The Morgan fingerprint density at radius 3 is 2.76 bits per heavy atom. The minimum absolute atomic E-state index is 0.166. The third-order valence-electron chi connectivity index (χ3n) is 3.09. The number of ether oxygens (including phenoxy) is 2. The zero-order chi connectivity index (χ0) is 15.0. The van der Waals surface area contributed by atoms with Crippen molar-refractivity contribution >= 4 is 40.4 Å². The third kappa shape index (κ3) is 2.95. The average Bonchev–Trinajstić information content (AvgIpc) is 3.03. The van der Waals surface area contributed by atoms with Gasteiger partial charge in [-0.25, -0.2) is 0 Å². The molecule has 0 saturated heterocycles. The van der Waals surface area contributed by atoms with Crippen molar-refractivity contribution < 1.29 is 14.3 Å². The van der Waals surface area contributed by atoms with E-state index in [9.17, 15) is 4.79 Å². The van der Waals surface area contributed by atoms with Gasteiger partial charge >= 0.3 is 0 Å². The molecule has 1 aromatic heterocycles. The van der Waals surface area contributed by atoms with E-state index in [1.807, 2.05) is 18.2 Å². The van der Waals surface area contributed by atoms with Gasteiger partial charge in [0.05, 0.1) is 9.90 Å². The van der Waals surface area contributed by atoms with Gasteiger partial charge in [0.25, 0.3) is 5.91 Å². The summed E-state index contributed by atoms with van der Waals surface area (Å²) in [7, 11) is 1.72. The van der Waals surface area contributed by atoms with Gasteiger partial charge in [-0.1, -0.05) is 29.3 Å². The Morgan fingerprint density at radius 1 is 1.29 bits per heavy atom. The number of benzene rings is 1. The van der Waals surface area contributed by atoms with Crippen molar-refractivity contribution in [3.8, 4) is 11.5 Å². The van der Waals surface area contributed by atoms with Crippen molar-refractivity contribution in [1.29, 1.82) is 0 Å². The van der Waals surface area contributed by atoms with E-state index < -0.39 is 0 Å². The normalized spacial score (nSPS) is 12.5. The van der Waals surface area contributed by atoms with Crippen molar-refractivity contribution in [3.05, 3.63) is 44.1 Å². The molecule has 0 unspecified atom stereocenters. The number of halogens is 2. The Bertz CT molecular complexity index is 702. The smallest absolute Gasteiger partial charge is 0.256 e. The highest BCUT2D eigenvalue weighted by atomic mass is 35.5. The number of nitrogens with zero attached hydrogens (tertiary/aromatic N) is 1. The van der Waals surface area contributed by atoms with E-state index in [0.717, 1.165) is 11.3 Å². The summed E-state index contributed by atoms with van der Waals surface area (Å²) in [5.74, 6) is 1.26. The molecule has 0 N–H and O–H groups in total. The first-order chi connectivity index (χ1) is 10.0. The largest absolute Gasteiger partial charge is 0.454 e. The quantitative estimate of drug-likeness (QED) is 0.843. The molecule has 0 aliphatic carbocycles. The summed E-state index contributed by atoms with van der Waals surface area (Å²) in [6, 6.07) is 7.20. The number of thiophene rings is 1. The highest BCUT2D eigenvalue weighted by Crippen LogP contribution is 2.34. The van der Waals surface area contributed by atoms with Crippen LogP contribution < -0.4 is 9.47 Å². The van der Waals surface area contributed by atoms with Crippen LogP contribution in [0.25, 0.3) is 0 Å². The van der Waals surface area contributed by atoms with Gasteiger partial charge in [-0.15, -0.1) is 11.3 Å². The van der Waals surface area contributed by atoms with Crippen molar-refractivity contribution in [3.63, 3.8) is 0 Å². The maximum absolute atomic E-state index is 12.4. The van der Waals surface area contributed by atoms with Crippen molar-refractivity contribution in [2.75, 3.05) is 13.8 Å². The van der Waals surface area contributed by atoms with Crippen LogP contribution in [0.4, 0.5) is 0 Å². The summed E-state index contributed by atoms with van der Waals surface area (Å²) in [6.45, 7) is 0.676. The summed E-state index contributed by atoms with van der Waals surface area (Å²) >= 11 is 13.1. The lowest BCUT2D eigenvalue weighted by Gasteiger charge is -2.17. The Kier molecular flexibility index (Phi) is 3.97. The van der Waals surface area contributed by atoms with Gasteiger partial charge < -0.3 is 14.4 Å². The fourth-order valence-corrected chi connectivity index (χ4v) is 3.52. The Labute approximate surface area is 135 Å². The first kappa shape index (κ1) is 14.5. The number of hydrogen-bond acceptors (Lipinski definition) is 4. The fourth-order valence-electron chi connectivity index (χ4n) is 2.08. The molecular formula is C14H11Cl2NO3S. The molecule has 7 heteroatoms. The second-order valence-electron chi connectivity index (χ2n) is 4.59. The standard InChI is InChI=1S/C14H11Cl2NO3S/c1-17(14(18)9-5-12(15)21-13(9)16)6-8-2-3-10-11(4-8)20-7-19-10/h2-5H,6-7H2,1H3. The summed E-state index contributed by atoms with van der Waals surface area (Å²) in [5.41, 5.74) is 1.38. The predicted molar refractivity (Wildman–Crippen MR) is 82.7 cm³/mol. The Balaban J connectivity index is 1.75. The maximum Gasteiger partial charge on any atom is 0.256 e. The van der Waals surface area contributed by atoms with E-state index >= 15 is 0 Å². The van der Waals surface area contributed by atoms with Crippen LogP contribution in [0.2, 0.25) is 8.67 Å². The van der Waals surface area contributed by atoms with E-state index in [4.69, 9.17) is 32.7 Å². The molecule has 0 saturated carbocycles. The predicted octanol–water partition coefficient (Wildman–Crippen LogP) is 4.06. The molecule has 0 spiro atoms. The van der Waals surface area contributed by atoms with E-state index in [1.165, 1.54) is 11.3 Å².